The summed E-state index contributed by atoms with van der Waals surface area (Å²) in [7, 11) is 0. The number of ether oxygens (including phenoxy) is 1. The molecule has 2 unspecified atom stereocenters. The number of amides is 1. The van der Waals surface area contributed by atoms with Gasteiger partial charge in [0, 0.05) is 6.42 Å². The lowest BCUT2D eigenvalue weighted by Crippen LogP contribution is -2.52. The summed E-state index contributed by atoms with van der Waals surface area (Å²) in [6.07, 6.45) is 0.790. The highest BCUT2D eigenvalue weighted by atomic mass is 19.1. The number of morpholine rings is 1. The number of aryl methyl sites for hydroxylation is 1. The van der Waals surface area contributed by atoms with Gasteiger partial charge in [-0.1, -0.05) is 18.2 Å². The molecule has 1 aliphatic rings. The largest absolute Gasteiger partial charge is 0.377 e. The molecule has 0 aliphatic carbocycles. The van der Waals surface area contributed by atoms with E-state index in [1.807, 2.05) is 18.7 Å². The minimum absolute atomic E-state index is 0.0755. The van der Waals surface area contributed by atoms with E-state index in [1.165, 1.54) is 6.07 Å². The maximum Gasteiger partial charge on any atom is 0.223 e. The molecule has 2 atom stereocenters. The fourth-order valence-corrected chi connectivity index (χ4v) is 2.57. The van der Waals surface area contributed by atoms with Crippen LogP contribution < -0.4 is 0 Å². The molecule has 19 heavy (non-hydrogen) atoms. The molecule has 4 heteroatoms. The van der Waals surface area contributed by atoms with Gasteiger partial charge < -0.3 is 9.64 Å². The van der Waals surface area contributed by atoms with Gasteiger partial charge in [0.05, 0.1) is 25.3 Å². The maximum atomic E-state index is 13.5. The third-order valence-corrected chi connectivity index (χ3v) is 3.52. The molecule has 2 rings (SSSR count). The standard InChI is InChI=1S/C15H20FNO2/c1-11-9-19-10-12(2)17(11)15(18)8-7-13-5-3-4-6-14(13)16/h3-6,11-12H,7-10H2,1-2H3. The molecule has 0 spiro atoms. The molecule has 1 aliphatic heterocycles. The minimum atomic E-state index is -0.238. The van der Waals surface area contributed by atoms with Crippen molar-refractivity contribution in [2.45, 2.75) is 38.8 Å². The number of carbonyl (C=O) groups excluding carboxylic acids is 1. The second kappa shape index (κ2) is 6.15. The Morgan fingerprint density at radius 3 is 2.58 bits per heavy atom. The fraction of sp³-hybridized carbons (Fsp3) is 0.533. The first-order valence-electron chi connectivity index (χ1n) is 6.72. The van der Waals surface area contributed by atoms with Crippen LogP contribution in [0.4, 0.5) is 4.39 Å². The summed E-state index contributed by atoms with van der Waals surface area (Å²) in [4.78, 5) is 14.1. The number of nitrogens with zero attached hydrogens (tertiary/aromatic N) is 1. The molecular formula is C15H20FNO2. The first kappa shape index (κ1) is 14.0. The molecule has 1 amide bonds. The molecule has 1 aromatic carbocycles. The second-order valence-corrected chi connectivity index (χ2v) is 5.13. The Labute approximate surface area is 113 Å². The molecule has 1 saturated heterocycles. The molecule has 0 bridgehead atoms. The summed E-state index contributed by atoms with van der Waals surface area (Å²) < 4.78 is 18.9. The van der Waals surface area contributed by atoms with Crippen molar-refractivity contribution in [3.05, 3.63) is 35.6 Å². The van der Waals surface area contributed by atoms with E-state index < -0.39 is 0 Å². The van der Waals surface area contributed by atoms with Gasteiger partial charge >= 0.3 is 0 Å². The maximum absolute atomic E-state index is 13.5. The molecule has 1 aromatic rings. The van der Waals surface area contributed by atoms with E-state index in [2.05, 4.69) is 0 Å². The van der Waals surface area contributed by atoms with Crippen molar-refractivity contribution in [1.82, 2.24) is 4.90 Å². The highest BCUT2D eigenvalue weighted by Gasteiger charge is 2.29. The predicted molar refractivity (Wildman–Crippen MR) is 71.3 cm³/mol. The van der Waals surface area contributed by atoms with Gasteiger partial charge in [-0.15, -0.1) is 0 Å². The number of benzene rings is 1. The van der Waals surface area contributed by atoms with Crippen LogP contribution in [0.2, 0.25) is 0 Å². The van der Waals surface area contributed by atoms with Gasteiger partial charge in [0.25, 0.3) is 0 Å². The minimum Gasteiger partial charge on any atom is -0.377 e. The summed E-state index contributed by atoms with van der Waals surface area (Å²) in [6.45, 7) is 5.12. The molecule has 0 aromatic heterocycles. The molecule has 0 N–H and O–H groups in total. The predicted octanol–water partition coefficient (Wildman–Crippen LogP) is 2.39. The lowest BCUT2D eigenvalue weighted by molar-refractivity contribution is -0.144. The molecule has 104 valence electrons. The van der Waals surface area contributed by atoms with Crippen molar-refractivity contribution >= 4 is 5.91 Å². The lowest BCUT2D eigenvalue weighted by Gasteiger charge is -2.38. The Bertz CT molecular complexity index is 440. The van der Waals surface area contributed by atoms with E-state index in [-0.39, 0.29) is 23.8 Å². The van der Waals surface area contributed by atoms with Crippen LogP contribution in [0, 0.1) is 5.82 Å². The van der Waals surface area contributed by atoms with E-state index in [0.29, 0.717) is 31.6 Å². The molecular weight excluding hydrogens is 245 g/mol. The number of hydrogen-bond acceptors (Lipinski definition) is 2. The zero-order chi connectivity index (χ0) is 13.8. The highest BCUT2D eigenvalue weighted by Crippen LogP contribution is 2.16. The van der Waals surface area contributed by atoms with E-state index >= 15 is 0 Å². The van der Waals surface area contributed by atoms with Gasteiger partial charge in [0.2, 0.25) is 5.91 Å². The van der Waals surface area contributed by atoms with Crippen LogP contribution in [0.3, 0.4) is 0 Å². The smallest absolute Gasteiger partial charge is 0.223 e. The summed E-state index contributed by atoms with van der Waals surface area (Å²) in [5.74, 6) is -0.162. The van der Waals surface area contributed by atoms with Crippen LogP contribution in [0.1, 0.15) is 25.8 Å². The second-order valence-electron chi connectivity index (χ2n) is 5.13. The molecule has 0 radical (unpaired) electrons. The third kappa shape index (κ3) is 3.32. The van der Waals surface area contributed by atoms with Crippen LogP contribution in [0.5, 0.6) is 0 Å². The van der Waals surface area contributed by atoms with E-state index in [4.69, 9.17) is 4.74 Å². The van der Waals surface area contributed by atoms with E-state index in [9.17, 15) is 9.18 Å². The lowest BCUT2D eigenvalue weighted by atomic mass is 10.1. The Morgan fingerprint density at radius 2 is 1.95 bits per heavy atom. The van der Waals surface area contributed by atoms with Crippen LogP contribution in [0.25, 0.3) is 0 Å². The first-order valence-corrected chi connectivity index (χ1v) is 6.72. The SMILES string of the molecule is CC1COCC(C)N1C(=O)CCc1ccccc1F. The number of carbonyl (C=O) groups is 1. The van der Waals surface area contributed by atoms with Crippen LogP contribution in [0.15, 0.2) is 24.3 Å². The average Bonchev–Trinajstić information content (AvgIpc) is 2.37. The summed E-state index contributed by atoms with van der Waals surface area (Å²) >= 11 is 0. The highest BCUT2D eigenvalue weighted by molar-refractivity contribution is 5.77. The Hall–Kier alpha value is -1.42. The Morgan fingerprint density at radius 1 is 1.32 bits per heavy atom. The topological polar surface area (TPSA) is 29.5 Å². The fourth-order valence-electron chi connectivity index (χ4n) is 2.57. The number of halogens is 1. The Kier molecular flexibility index (Phi) is 4.53. The third-order valence-electron chi connectivity index (χ3n) is 3.52. The van der Waals surface area contributed by atoms with Crippen molar-refractivity contribution in [2.75, 3.05) is 13.2 Å². The zero-order valence-corrected chi connectivity index (χ0v) is 11.4. The van der Waals surface area contributed by atoms with Crippen LogP contribution in [-0.4, -0.2) is 36.1 Å². The normalized spacial score (nSPS) is 23.4. The summed E-state index contributed by atoms with van der Waals surface area (Å²) in [5, 5.41) is 0. The van der Waals surface area contributed by atoms with Gasteiger partial charge in [-0.2, -0.15) is 0 Å². The van der Waals surface area contributed by atoms with Crippen molar-refractivity contribution in [3.8, 4) is 0 Å². The number of hydrogen-bond donors (Lipinski definition) is 0. The van der Waals surface area contributed by atoms with Gasteiger partial charge in [-0.25, -0.2) is 4.39 Å². The van der Waals surface area contributed by atoms with Gasteiger partial charge in [-0.3, -0.25) is 4.79 Å². The van der Waals surface area contributed by atoms with E-state index in [0.717, 1.165) is 0 Å². The van der Waals surface area contributed by atoms with Gasteiger partial charge in [-0.05, 0) is 31.9 Å². The molecule has 1 heterocycles. The first-order chi connectivity index (χ1) is 9.09. The van der Waals surface area contributed by atoms with Crippen molar-refractivity contribution in [1.29, 1.82) is 0 Å². The zero-order valence-electron chi connectivity index (χ0n) is 11.4. The summed E-state index contributed by atoms with van der Waals surface area (Å²) in [5.41, 5.74) is 0.601. The van der Waals surface area contributed by atoms with Crippen molar-refractivity contribution in [2.24, 2.45) is 0 Å². The quantitative estimate of drug-likeness (QED) is 0.840. The van der Waals surface area contributed by atoms with Gasteiger partial charge in [0.1, 0.15) is 5.82 Å². The van der Waals surface area contributed by atoms with Crippen molar-refractivity contribution in [3.63, 3.8) is 0 Å². The molecule has 0 saturated carbocycles. The van der Waals surface area contributed by atoms with Gasteiger partial charge in [0.15, 0.2) is 0 Å². The number of rotatable bonds is 3. The summed E-state index contributed by atoms with van der Waals surface area (Å²) in [6, 6.07) is 6.80. The Balaban J connectivity index is 1.95. The van der Waals surface area contributed by atoms with Crippen molar-refractivity contribution < 1.29 is 13.9 Å². The van der Waals surface area contributed by atoms with E-state index in [1.54, 1.807) is 18.2 Å². The van der Waals surface area contributed by atoms with Crippen LogP contribution >= 0.6 is 0 Å². The van der Waals surface area contributed by atoms with Crippen LogP contribution in [-0.2, 0) is 16.0 Å². The monoisotopic (exact) mass is 265 g/mol. The average molecular weight is 265 g/mol. The molecule has 3 nitrogen and oxygen atoms in total. The molecule has 1 fully saturated rings.